The lowest BCUT2D eigenvalue weighted by molar-refractivity contribution is -0.137. The second kappa shape index (κ2) is 12.7. The fourth-order valence-electron chi connectivity index (χ4n) is 5.22. The number of benzene rings is 3. The molecule has 0 radical (unpaired) electrons. The van der Waals surface area contributed by atoms with E-state index in [1.807, 2.05) is 6.07 Å². The zero-order chi connectivity index (χ0) is 33.4. The lowest BCUT2D eigenvalue weighted by atomic mass is 9.81. The van der Waals surface area contributed by atoms with Gasteiger partial charge in [0.25, 0.3) is 11.8 Å². The van der Waals surface area contributed by atoms with Gasteiger partial charge < -0.3 is 9.87 Å². The summed E-state index contributed by atoms with van der Waals surface area (Å²) in [5.41, 5.74) is 0.399. The Morgan fingerprint density at radius 3 is 2.33 bits per heavy atom. The van der Waals surface area contributed by atoms with Gasteiger partial charge in [0.2, 0.25) is 0 Å². The molecule has 2 amide bonds. The highest BCUT2D eigenvalue weighted by Crippen LogP contribution is 2.43. The summed E-state index contributed by atoms with van der Waals surface area (Å²) in [7, 11) is 0. The van der Waals surface area contributed by atoms with E-state index < -0.39 is 57.4 Å². The average Bonchev–Trinajstić information content (AvgIpc) is 3.39. The van der Waals surface area contributed by atoms with Crippen molar-refractivity contribution in [1.29, 1.82) is 0 Å². The highest BCUT2D eigenvalue weighted by atomic mass is 32.2. The van der Waals surface area contributed by atoms with Crippen LogP contribution in [-0.2, 0) is 22.3 Å². The Morgan fingerprint density at radius 2 is 1.72 bits per heavy atom. The fourth-order valence-corrected chi connectivity index (χ4v) is 5.73. The number of rotatable bonds is 7. The number of hydrogen-bond acceptors (Lipinski definition) is 5. The molecule has 3 aromatic carbocycles. The second-order valence-electron chi connectivity index (χ2n) is 11.6. The maximum absolute atomic E-state index is 14.3. The first-order valence-electron chi connectivity index (χ1n) is 14.4. The van der Waals surface area contributed by atoms with Crippen LogP contribution in [0.15, 0.2) is 83.3 Å². The number of nitrogens with one attached hydrogen (secondary N) is 1. The van der Waals surface area contributed by atoms with E-state index in [1.165, 1.54) is 41.4 Å². The minimum Gasteiger partial charge on any atom is -0.591 e. The Hall–Kier alpha value is -4.49. The quantitative estimate of drug-likeness (QED) is 0.146. The van der Waals surface area contributed by atoms with Crippen molar-refractivity contribution >= 4 is 35.2 Å². The van der Waals surface area contributed by atoms with E-state index >= 15 is 0 Å². The van der Waals surface area contributed by atoms with E-state index in [0.717, 1.165) is 12.1 Å². The number of aromatic nitrogens is 2. The molecular weight excluding hydrogens is 622 g/mol. The average molecular weight is 654 g/mol. The number of likely N-dealkylation sites (N-methyl/N-ethyl adjacent to an activating group) is 1. The van der Waals surface area contributed by atoms with Gasteiger partial charge in [0.1, 0.15) is 45.7 Å². The van der Waals surface area contributed by atoms with Crippen LogP contribution in [0.25, 0.3) is 5.69 Å². The summed E-state index contributed by atoms with van der Waals surface area (Å²) in [6.45, 7) is 7.15. The molecule has 13 heteroatoms. The molecular formula is C33H31F4N5O3S. The Kier molecular flexibility index (Phi) is 9.09. The lowest BCUT2D eigenvalue weighted by Gasteiger charge is -2.38. The number of carbonyl (C=O) groups excluding carboxylic acids is 2. The molecule has 0 saturated heterocycles. The number of fused-ring (bicyclic) bond motifs is 1. The highest BCUT2D eigenvalue weighted by Gasteiger charge is 2.46. The van der Waals surface area contributed by atoms with Gasteiger partial charge in [0.05, 0.1) is 11.3 Å². The van der Waals surface area contributed by atoms with Crippen LogP contribution in [0, 0.1) is 5.82 Å². The molecule has 0 aliphatic carbocycles. The van der Waals surface area contributed by atoms with Crippen molar-refractivity contribution in [1.82, 2.24) is 15.1 Å². The monoisotopic (exact) mass is 653 g/mol. The van der Waals surface area contributed by atoms with Gasteiger partial charge in [-0.15, -0.1) is 0 Å². The molecule has 3 atom stereocenters. The molecule has 8 nitrogen and oxygen atoms in total. The van der Waals surface area contributed by atoms with E-state index in [4.69, 9.17) is 5.10 Å². The molecule has 0 saturated carbocycles. The van der Waals surface area contributed by atoms with E-state index in [-0.39, 0.29) is 17.8 Å². The van der Waals surface area contributed by atoms with E-state index in [0.29, 0.717) is 28.7 Å². The molecule has 46 heavy (non-hydrogen) atoms. The number of nitrogens with zero attached hydrogens (tertiary/aromatic N) is 4. The Bertz CT molecular complexity index is 1770. The summed E-state index contributed by atoms with van der Waals surface area (Å²) in [5.74, 6) is -2.62. The number of alkyl halides is 3. The minimum atomic E-state index is -4.69. The summed E-state index contributed by atoms with van der Waals surface area (Å²) >= 11 is -1.67. The standard InChI is InChI=1S/C33H31F4N5O3S/c1-5-41-30-27(25(19-38-46(45)32(2,3)4)40-42(30)24-12-7-6-8-13-24)26(20-14-16-23(34)17-15-20)28(31(41)44)39-29(43)21-10-9-11-22(18-21)33(35,36)37/h6-19,26,28H,5H2,1-4H3,(H,39,43)/t26-,28-,46+/m0/s1. The molecule has 4 aromatic rings. The summed E-state index contributed by atoms with van der Waals surface area (Å²) in [6.07, 6.45) is -3.33. The highest BCUT2D eigenvalue weighted by molar-refractivity contribution is 7.91. The van der Waals surface area contributed by atoms with Gasteiger partial charge in [0, 0.05) is 23.6 Å². The lowest BCUT2D eigenvalue weighted by Crippen LogP contribution is -2.55. The van der Waals surface area contributed by atoms with Crippen molar-refractivity contribution in [2.24, 2.45) is 4.40 Å². The second-order valence-corrected chi connectivity index (χ2v) is 13.5. The van der Waals surface area contributed by atoms with Crippen molar-refractivity contribution in [3.05, 3.63) is 113 Å². The molecule has 0 bridgehead atoms. The first-order valence-corrected chi connectivity index (χ1v) is 15.5. The van der Waals surface area contributed by atoms with Crippen molar-refractivity contribution in [2.45, 2.75) is 50.6 Å². The van der Waals surface area contributed by atoms with Gasteiger partial charge in [0.15, 0.2) is 0 Å². The normalized spacial score (nSPS) is 17.7. The van der Waals surface area contributed by atoms with Crippen molar-refractivity contribution < 1.29 is 31.7 Å². The smallest absolute Gasteiger partial charge is 0.416 e. The van der Waals surface area contributed by atoms with Crippen LogP contribution in [0.1, 0.15) is 66.4 Å². The van der Waals surface area contributed by atoms with Crippen LogP contribution in [0.3, 0.4) is 0 Å². The topological polar surface area (TPSA) is 103 Å². The molecule has 0 unspecified atom stereocenters. The van der Waals surface area contributed by atoms with Crippen molar-refractivity contribution in [3.63, 3.8) is 0 Å². The number of carbonyl (C=O) groups is 2. The van der Waals surface area contributed by atoms with Crippen molar-refractivity contribution in [3.8, 4) is 5.69 Å². The van der Waals surface area contributed by atoms with Crippen LogP contribution >= 0.6 is 0 Å². The number of anilines is 1. The molecule has 1 aromatic heterocycles. The number of hydrogen-bond donors (Lipinski definition) is 1. The molecule has 240 valence electrons. The number of amides is 2. The van der Waals surface area contributed by atoms with Crippen LogP contribution in [0.2, 0.25) is 0 Å². The third-order valence-electron chi connectivity index (χ3n) is 7.44. The summed E-state index contributed by atoms with van der Waals surface area (Å²) < 4.78 is 72.6. The molecule has 0 spiro atoms. The van der Waals surface area contributed by atoms with Crippen LogP contribution in [-0.4, -0.2) is 49.7 Å². The maximum Gasteiger partial charge on any atom is 0.416 e. The number of halogens is 4. The first-order chi connectivity index (χ1) is 21.7. The number of para-hydroxylation sites is 1. The zero-order valence-corrected chi connectivity index (χ0v) is 26.2. The first kappa shape index (κ1) is 32.9. The maximum atomic E-state index is 14.3. The van der Waals surface area contributed by atoms with E-state index in [2.05, 4.69) is 9.71 Å². The van der Waals surface area contributed by atoms with E-state index in [9.17, 15) is 31.7 Å². The zero-order valence-electron chi connectivity index (χ0n) is 25.4. The Morgan fingerprint density at radius 1 is 1.04 bits per heavy atom. The molecule has 5 rings (SSSR count). The SMILES string of the molecule is CCN1C(=O)[C@@H](NC(=O)c2cccc(C(F)(F)F)c2)[C@@H](c2ccc(F)cc2)c2c(C=N[S@+]([O-])C(C)(C)C)nn(-c3ccccc3)c21. The van der Waals surface area contributed by atoms with Crippen LogP contribution in [0.4, 0.5) is 23.4 Å². The van der Waals surface area contributed by atoms with Gasteiger partial charge >= 0.3 is 6.18 Å². The third-order valence-corrected chi connectivity index (χ3v) is 8.78. The molecule has 0 fully saturated rings. The van der Waals surface area contributed by atoms with Gasteiger partial charge in [-0.2, -0.15) is 18.3 Å². The van der Waals surface area contributed by atoms with Crippen molar-refractivity contribution in [2.75, 3.05) is 11.4 Å². The predicted octanol–water partition coefficient (Wildman–Crippen LogP) is 6.21. The minimum absolute atomic E-state index is 0.140. The van der Waals surface area contributed by atoms with Crippen LogP contribution in [0.5, 0.6) is 0 Å². The summed E-state index contributed by atoms with van der Waals surface area (Å²) in [5, 5.41) is 7.44. The summed E-state index contributed by atoms with van der Waals surface area (Å²) in [4.78, 5) is 29.2. The summed E-state index contributed by atoms with van der Waals surface area (Å²) in [6, 6.07) is 16.9. The Balaban J connectivity index is 1.73. The van der Waals surface area contributed by atoms with Gasteiger partial charge in [-0.3, -0.25) is 14.5 Å². The fraction of sp³-hybridized carbons (Fsp3) is 0.273. The molecule has 1 aliphatic rings. The van der Waals surface area contributed by atoms with Gasteiger partial charge in [-0.25, -0.2) is 9.07 Å². The van der Waals surface area contributed by atoms with E-state index in [1.54, 1.807) is 56.6 Å². The largest absolute Gasteiger partial charge is 0.591 e. The third kappa shape index (κ3) is 6.56. The molecule has 1 aliphatic heterocycles. The van der Waals surface area contributed by atoms with Gasteiger partial charge in [-0.05, 0) is 75.7 Å². The molecule has 1 N–H and O–H groups in total. The predicted molar refractivity (Wildman–Crippen MR) is 168 cm³/mol. The van der Waals surface area contributed by atoms with Crippen LogP contribution < -0.4 is 10.2 Å². The Labute approximate surface area is 266 Å². The van der Waals surface area contributed by atoms with Gasteiger partial charge in [-0.1, -0.05) is 40.8 Å². The molecule has 2 heterocycles.